The molecule has 1 aromatic heterocycles. The second-order valence-electron chi connectivity index (χ2n) is 7.18. The minimum atomic E-state index is -0.00644. The van der Waals surface area contributed by atoms with E-state index in [1.165, 1.54) is 0 Å². The topological polar surface area (TPSA) is 39.3 Å². The third-order valence-corrected chi connectivity index (χ3v) is 4.82. The fraction of sp³-hybridized carbons (Fsp3) is 0.526. The first-order chi connectivity index (χ1) is 11.5. The minimum Gasteiger partial charge on any atom is -0.322 e. The van der Waals surface area contributed by atoms with Crippen LogP contribution in [0.15, 0.2) is 29.1 Å². The summed E-state index contributed by atoms with van der Waals surface area (Å²) < 4.78 is 0. The van der Waals surface area contributed by atoms with Crippen molar-refractivity contribution in [3.63, 3.8) is 0 Å². The van der Waals surface area contributed by atoms with Gasteiger partial charge in [-0.05, 0) is 49.0 Å². The quantitative estimate of drug-likeness (QED) is 0.922. The zero-order valence-corrected chi connectivity index (χ0v) is 15.3. The molecular weight excluding hydrogens is 322 g/mol. The van der Waals surface area contributed by atoms with Crippen molar-refractivity contribution >= 4 is 22.5 Å². The third-order valence-electron chi connectivity index (χ3n) is 4.58. The van der Waals surface area contributed by atoms with E-state index < -0.39 is 0 Å². The number of pyridine rings is 1. The number of rotatable bonds is 4. The molecule has 3 rings (SSSR count). The summed E-state index contributed by atoms with van der Waals surface area (Å²) in [6.45, 7) is 10.7. The standard InChI is InChI=1S/C19H26ClN3O/c1-14(2)12-22-6-3-7-23(9-8-22)13-16-10-15-4-5-17(20)11-18(15)21-19(16)24/h4-5,10-11,14H,3,6-9,12-13H2,1-2H3,(H,21,24). The lowest BCUT2D eigenvalue weighted by molar-refractivity contribution is 0.235. The van der Waals surface area contributed by atoms with Gasteiger partial charge in [0.1, 0.15) is 0 Å². The molecule has 1 aromatic carbocycles. The van der Waals surface area contributed by atoms with Crippen LogP contribution >= 0.6 is 11.6 Å². The Morgan fingerprint density at radius 1 is 1.12 bits per heavy atom. The van der Waals surface area contributed by atoms with Crippen LogP contribution < -0.4 is 5.56 Å². The normalized spacial score (nSPS) is 17.5. The molecule has 2 heterocycles. The SMILES string of the molecule is CC(C)CN1CCCN(Cc2cc3ccc(Cl)cc3[nH]c2=O)CC1. The molecule has 0 radical (unpaired) electrons. The van der Waals surface area contributed by atoms with Crippen molar-refractivity contribution in [2.75, 3.05) is 32.7 Å². The fourth-order valence-electron chi connectivity index (χ4n) is 3.46. The molecule has 0 unspecified atom stereocenters. The van der Waals surface area contributed by atoms with Gasteiger partial charge in [-0.2, -0.15) is 0 Å². The summed E-state index contributed by atoms with van der Waals surface area (Å²) in [6, 6.07) is 7.63. The molecule has 1 N–H and O–H groups in total. The Morgan fingerprint density at radius 3 is 2.67 bits per heavy atom. The Labute approximate surface area is 148 Å². The van der Waals surface area contributed by atoms with Crippen molar-refractivity contribution in [1.29, 1.82) is 0 Å². The van der Waals surface area contributed by atoms with E-state index in [-0.39, 0.29) is 5.56 Å². The summed E-state index contributed by atoms with van der Waals surface area (Å²) in [5.74, 6) is 0.701. The molecule has 1 saturated heterocycles. The lowest BCUT2D eigenvalue weighted by Gasteiger charge is -2.23. The zero-order chi connectivity index (χ0) is 17.1. The molecule has 0 saturated carbocycles. The van der Waals surface area contributed by atoms with Crippen molar-refractivity contribution in [2.24, 2.45) is 5.92 Å². The Hall–Kier alpha value is -1.36. The van der Waals surface area contributed by atoms with Crippen molar-refractivity contribution in [3.05, 3.63) is 45.2 Å². The Bertz CT molecular complexity index is 756. The van der Waals surface area contributed by atoms with Gasteiger partial charge in [0.05, 0.1) is 0 Å². The second-order valence-corrected chi connectivity index (χ2v) is 7.62. The molecule has 24 heavy (non-hydrogen) atoms. The summed E-state index contributed by atoms with van der Waals surface area (Å²) in [7, 11) is 0. The van der Waals surface area contributed by atoms with Crippen LogP contribution in [0, 0.1) is 5.92 Å². The maximum absolute atomic E-state index is 12.4. The van der Waals surface area contributed by atoms with Gasteiger partial charge in [-0.15, -0.1) is 0 Å². The molecule has 130 valence electrons. The lowest BCUT2D eigenvalue weighted by atomic mass is 10.1. The smallest absolute Gasteiger partial charge is 0.252 e. The minimum absolute atomic E-state index is 0.00644. The van der Waals surface area contributed by atoms with Crippen LogP contribution in [-0.4, -0.2) is 47.5 Å². The molecule has 5 heteroatoms. The van der Waals surface area contributed by atoms with Crippen molar-refractivity contribution in [3.8, 4) is 0 Å². The highest BCUT2D eigenvalue weighted by Gasteiger charge is 2.17. The van der Waals surface area contributed by atoms with Gasteiger partial charge in [-0.25, -0.2) is 0 Å². The van der Waals surface area contributed by atoms with E-state index in [1.54, 1.807) is 6.07 Å². The number of hydrogen-bond donors (Lipinski definition) is 1. The number of nitrogens with one attached hydrogen (secondary N) is 1. The molecule has 1 aliphatic heterocycles. The Morgan fingerprint density at radius 2 is 1.88 bits per heavy atom. The van der Waals surface area contributed by atoms with Gasteiger partial charge in [0.2, 0.25) is 0 Å². The number of benzene rings is 1. The summed E-state index contributed by atoms with van der Waals surface area (Å²) in [4.78, 5) is 20.3. The number of aromatic nitrogens is 1. The highest BCUT2D eigenvalue weighted by atomic mass is 35.5. The zero-order valence-electron chi connectivity index (χ0n) is 14.5. The van der Waals surface area contributed by atoms with Crippen molar-refractivity contribution in [1.82, 2.24) is 14.8 Å². The predicted molar refractivity (Wildman–Crippen MR) is 101 cm³/mol. The lowest BCUT2D eigenvalue weighted by Crippen LogP contribution is -2.33. The second kappa shape index (κ2) is 7.68. The molecule has 4 nitrogen and oxygen atoms in total. The Kier molecular flexibility index (Phi) is 5.59. The van der Waals surface area contributed by atoms with Gasteiger partial charge >= 0.3 is 0 Å². The molecule has 0 amide bonds. The van der Waals surface area contributed by atoms with Gasteiger partial charge in [-0.1, -0.05) is 31.5 Å². The first kappa shape index (κ1) is 17.5. The maximum atomic E-state index is 12.4. The van der Waals surface area contributed by atoms with Gasteiger partial charge in [-0.3, -0.25) is 9.69 Å². The molecule has 2 aromatic rings. The van der Waals surface area contributed by atoms with E-state index in [0.29, 0.717) is 17.5 Å². The molecular formula is C19H26ClN3O. The predicted octanol–water partition coefficient (Wildman–Crippen LogP) is 3.35. The van der Waals surface area contributed by atoms with E-state index in [0.717, 1.165) is 55.6 Å². The summed E-state index contributed by atoms with van der Waals surface area (Å²) in [6.07, 6.45) is 1.16. The van der Waals surface area contributed by atoms with E-state index >= 15 is 0 Å². The van der Waals surface area contributed by atoms with Crippen LogP contribution in [0.25, 0.3) is 10.9 Å². The molecule has 1 aliphatic rings. The molecule has 0 spiro atoms. The number of aromatic amines is 1. The van der Waals surface area contributed by atoms with Crippen molar-refractivity contribution in [2.45, 2.75) is 26.8 Å². The van der Waals surface area contributed by atoms with E-state index in [2.05, 4.69) is 28.6 Å². The summed E-state index contributed by atoms with van der Waals surface area (Å²) in [5, 5.41) is 1.67. The van der Waals surface area contributed by atoms with Gasteiger partial charge in [0.25, 0.3) is 5.56 Å². The number of hydrogen-bond acceptors (Lipinski definition) is 3. The number of nitrogens with zero attached hydrogens (tertiary/aromatic N) is 2. The van der Waals surface area contributed by atoms with Crippen LogP contribution in [0.2, 0.25) is 5.02 Å². The highest BCUT2D eigenvalue weighted by molar-refractivity contribution is 6.31. The fourth-order valence-corrected chi connectivity index (χ4v) is 3.63. The van der Waals surface area contributed by atoms with Crippen LogP contribution in [-0.2, 0) is 6.54 Å². The average molecular weight is 348 g/mol. The van der Waals surface area contributed by atoms with Crippen LogP contribution in [0.1, 0.15) is 25.8 Å². The summed E-state index contributed by atoms with van der Waals surface area (Å²) in [5.41, 5.74) is 1.63. The number of H-pyrrole nitrogens is 1. The van der Waals surface area contributed by atoms with Gasteiger partial charge < -0.3 is 9.88 Å². The monoisotopic (exact) mass is 347 g/mol. The highest BCUT2D eigenvalue weighted by Crippen LogP contribution is 2.18. The van der Waals surface area contributed by atoms with Crippen molar-refractivity contribution < 1.29 is 0 Å². The van der Waals surface area contributed by atoms with Gasteiger partial charge in [0, 0.05) is 42.3 Å². The first-order valence-corrected chi connectivity index (χ1v) is 9.15. The average Bonchev–Trinajstić information content (AvgIpc) is 2.73. The molecule has 1 fully saturated rings. The van der Waals surface area contributed by atoms with Crippen LogP contribution in [0.4, 0.5) is 0 Å². The third kappa shape index (κ3) is 4.38. The molecule has 0 bridgehead atoms. The largest absolute Gasteiger partial charge is 0.322 e. The maximum Gasteiger partial charge on any atom is 0.252 e. The van der Waals surface area contributed by atoms with E-state index in [1.807, 2.05) is 18.2 Å². The van der Waals surface area contributed by atoms with Crippen LogP contribution in [0.3, 0.4) is 0 Å². The van der Waals surface area contributed by atoms with Gasteiger partial charge in [0.15, 0.2) is 0 Å². The number of fused-ring (bicyclic) bond motifs is 1. The van der Waals surface area contributed by atoms with E-state index in [4.69, 9.17) is 11.6 Å². The van der Waals surface area contributed by atoms with Crippen LogP contribution in [0.5, 0.6) is 0 Å². The first-order valence-electron chi connectivity index (χ1n) is 8.77. The molecule has 0 aliphatic carbocycles. The molecule has 0 atom stereocenters. The Balaban J connectivity index is 1.71. The number of halogens is 1. The van der Waals surface area contributed by atoms with E-state index in [9.17, 15) is 4.79 Å². The summed E-state index contributed by atoms with van der Waals surface area (Å²) >= 11 is 6.00.